The first-order chi connectivity index (χ1) is 14.0. The number of carbonyl (C=O) groups is 2. The Balaban J connectivity index is 1.60. The molecule has 1 atom stereocenters. The fraction of sp³-hybridized carbons (Fsp3) is 0.261. The maximum absolute atomic E-state index is 13.1. The second-order valence-electron chi connectivity index (χ2n) is 7.46. The van der Waals surface area contributed by atoms with E-state index in [1.165, 1.54) is 0 Å². The normalized spacial score (nSPS) is 16.6. The summed E-state index contributed by atoms with van der Waals surface area (Å²) in [7, 11) is 1.64. The Hall–Kier alpha value is -3.41. The van der Waals surface area contributed by atoms with Crippen LogP contribution in [0.3, 0.4) is 0 Å². The Kier molecular flexibility index (Phi) is 5.16. The molecular weight excluding hydrogens is 364 g/mol. The summed E-state index contributed by atoms with van der Waals surface area (Å²) >= 11 is 0. The number of nitrogens with one attached hydrogen (secondary N) is 1. The molecule has 0 spiro atoms. The van der Waals surface area contributed by atoms with Crippen LogP contribution in [0.2, 0.25) is 0 Å². The highest BCUT2D eigenvalue weighted by Gasteiger charge is 2.28. The van der Waals surface area contributed by atoms with E-state index in [2.05, 4.69) is 16.4 Å². The molecule has 6 heteroatoms. The Bertz CT molecular complexity index is 1080. The molecule has 1 fully saturated rings. The summed E-state index contributed by atoms with van der Waals surface area (Å²) in [6, 6.07) is 15.6. The molecule has 0 saturated carbocycles. The van der Waals surface area contributed by atoms with Crippen molar-refractivity contribution in [3.05, 3.63) is 60.3 Å². The smallest absolute Gasteiger partial charge is 0.253 e. The van der Waals surface area contributed by atoms with Gasteiger partial charge in [-0.3, -0.25) is 9.59 Å². The predicted molar refractivity (Wildman–Crippen MR) is 114 cm³/mol. The number of nitrogens with zero attached hydrogens (tertiary/aromatic N) is 2. The summed E-state index contributed by atoms with van der Waals surface area (Å²) in [5, 5.41) is 4.72. The van der Waals surface area contributed by atoms with E-state index in [9.17, 15) is 9.59 Å². The Labute approximate surface area is 169 Å². The molecule has 4 rings (SSSR count). The number of nitrogens with two attached hydrogens (primary N) is 1. The molecule has 2 aromatic carbocycles. The van der Waals surface area contributed by atoms with Gasteiger partial charge < -0.3 is 16.0 Å². The van der Waals surface area contributed by atoms with Crippen LogP contribution in [0, 0.1) is 5.92 Å². The number of rotatable bonds is 3. The van der Waals surface area contributed by atoms with Crippen LogP contribution in [-0.2, 0) is 4.79 Å². The maximum atomic E-state index is 13.1. The molecule has 6 nitrogen and oxygen atoms in total. The quantitative estimate of drug-likeness (QED) is 0.722. The van der Waals surface area contributed by atoms with Gasteiger partial charge in [-0.25, -0.2) is 4.98 Å². The number of benzene rings is 2. The van der Waals surface area contributed by atoms with E-state index in [1.54, 1.807) is 18.1 Å². The molecule has 148 valence electrons. The average Bonchev–Trinajstić information content (AvgIpc) is 2.77. The number of aromatic nitrogens is 1. The topological polar surface area (TPSA) is 88.3 Å². The molecule has 0 radical (unpaired) electrons. The summed E-state index contributed by atoms with van der Waals surface area (Å²) in [6.07, 6.45) is 3.41. The fourth-order valence-corrected chi connectivity index (χ4v) is 3.93. The SMILES string of the molecule is CNC(=O)[C@@H]1CCCN(C(=O)c2cccc(-c3ccc4cnc(N)cc4c3)c2)C1. The highest BCUT2D eigenvalue weighted by molar-refractivity contribution is 5.96. The Morgan fingerprint density at radius 3 is 2.76 bits per heavy atom. The second-order valence-corrected chi connectivity index (χ2v) is 7.46. The number of carbonyl (C=O) groups excluding carboxylic acids is 2. The molecule has 1 saturated heterocycles. The highest BCUT2D eigenvalue weighted by Crippen LogP contribution is 2.27. The molecule has 3 aromatic rings. The Morgan fingerprint density at radius 2 is 1.93 bits per heavy atom. The number of piperidine rings is 1. The number of hydrogen-bond acceptors (Lipinski definition) is 4. The highest BCUT2D eigenvalue weighted by atomic mass is 16.2. The minimum atomic E-state index is -0.138. The van der Waals surface area contributed by atoms with E-state index in [0.29, 0.717) is 24.5 Å². The molecule has 1 aliphatic heterocycles. The zero-order valence-corrected chi connectivity index (χ0v) is 16.4. The number of pyridine rings is 1. The molecule has 29 heavy (non-hydrogen) atoms. The minimum Gasteiger partial charge on any atom is -0.384 e. The van der Waals surface area contributed by atoms with Crippen molar-refractivity contribution in [2.45, 2.75) is 12.8 Å². The van der Waals surface area contributed by atoms with Gasteiger partial charge in [0, 0.05) is 37.3 Å². The van der Waals surface area contributed by atoms with E-state index in [4.69, 9.17) is 5.73 Å². The van der Waals surface area contributed by atoms with Crippen LogP contribution in [0.25, 0.3) is 21.9 Å². The van der Waals surface area contributed by atoms with Crippen LogP contribution >= 0.6 is 0 Å². The summed E-state index contributed by atoms with van der Waals surface area (Å²) in [5.74, 6) is 0.311. The third-order valence-corrected chi connectivity index (χ3v) is 5.51. The standard InChI is InChI=1S/C23H24N4O2/c1-25-22(28)19-6-3-9-27(14-19)23(29)17-5-2-4-15(10-17)16-7-8-18-13-26-21(24)12-20(18)11-16/h2,4-5,7-8,10-13,19H,3,6,9,14H2,1H3,(H2,24,26)(H,25,28)/t19-/m1/s1. The van der Waals surface area contributed by atoms with Crippen molar-refractivity contribution in [3.63, 3.8) is 0 Å². The van der Waals surface area contributed by atoms with E-state index in [1.807, 2.05) is 42.5 Å². The molecule has 0 bridgehead atoms. The zero-order chi connectivity index (χ0) is 20.4. The van der Waals surface area contributed by atoms with Gasteiger partial charge in [0.15, 0.2) is 0 Å². The first kappa shape index (κ1) is 18.9. The number of fused-ring (bicyclic) bond motifs is 1. The molecule has 1 aromatic heterocycles. The first-order valence-electron chi connectivity index (χ1n) is 9.82. The molecule has 2 heterocycles. The third-order valence-electron chi connectivity index (χ3n) is 5.51. The lowest BCUT2D eigenvalue weighted by molar-refractivity contribution is -0.125. The van der Waals surface area contributed by atoms with Crippen molar-refractivity contribution in [2.24, 2.45) is 5.92 Å². The van der Waals surface area contributed by atoms with Crippen molar-refractivity contribution in [3.8, 4) is 11.1 Å². The molecular formula is C23H24N4O2. The van der Waals surface area contributed by atoms with Crippen LogP contribution < -0.4 is 11.1 Å². The summed E-state index contributed by atoms with van der Waals surface area (Å²) in [4.78, 5) is 31.0. The lowest BCUT2D eigenvalue weighted by atomic mass is 9.96. The molecule has 0 unspecified atom stereocenters. The van der Waals surface area contributed by atoms with E-state index >= 15 is 0 Å². The molecule has 3 N–H and O–H groups in total. The lowest BCUT2D eigenvalue weighted by Crippen LogP contribution is -2.44. The van der Waals surface area contributed by atoms with E-state index in [-0.39, 0.29) is 17.7 Å². The van der Waals surface area contributed by atoms with Crippen LogP contribution in [0.1, 0.15) is 23.2 Å². The van der Waals surface area contributed by atoms with Crippen molar-refractivity contribution >= 4 is 28.4 Å². The number of hydrogen-bond donors (Lipinski definition) is 2. The van der Waals surface area contributed by atoms with Gasteiger partial charge >= 0.3 is 0 Å². The van der Waals surface area contributed by atoms with Gasteiger partial charge in [0.05, 0.1) is 5.92 Å². The first-order valence-corrected chi connectivity index (χ1v) is 9.82. The molecule has 1 aliphatic rings. The van der Waals surface area contributed by atoms with Gasteiger partial charge in [-0.1, -0.05) is 24.3 Å². The molecule has 2 amide bonds. The summed E-state index contributed by atoms with van der Waals surface area (Å²) in [5.41, 5.74) is 8.42. The molecule has 0 aliphatic carbocycles. The van der Waals surface area contributed by atoms with Gasteiger partial charge in [0.1, 0.15) is 5.82 Å². The number of nitrogen functional groups attached to an aromatic ring is 1. The van der Waals surface area contributed by atoms with Crippen LogP contribution in [0.5, 0.6) is 0 Å². The lowest BCUT2D eigenvalue weighted by Gasteiger charge is -2.32. The fourth-order valence-electron chi connectivity index (χ4n) is 3.93. The third kappa shape index (κ3) is 3.92. The van der Waals surface area contributed by atoms with Gasteiger partial charge in [0.25, 0.3) is 5.91 Å². The minimum absolute atomic E-state index is 0.00109. The van der Waals surface area contributed by atoms with Crippen molar-refractivity contribution in [1.82, 2.24) is 15.2 Å². The number of likely N-dealkylation sites (tertiary alicyclic amines) is 1. The van der Waals surface area contributed by atoms with E-state index in [0.717, 1.165) is 34.7 Å². The number of amides is 2. The second kappa shape index (κ2) is 7.91. The predicted octanol–water partition coefficient (Wildman–Crippen LogP) is 3.08. The number of anilines is 1. The zero-order valence-electron chi connectivity index (χ0n) is 16.4. The monoisotopic (exact) mass is 388 g/mol. The maximum Gasteiger partial charge on any atom is 0.253 e. The summed E-state index contributed by atoms with van der Waals surface area (Å²) in [6.45, 7) is 1.14. The van der Waals surface area contributed by atoms with Crippen LogP contribution in [-0.4, -0.2) is 41.8 Å². The van der Waals surface area contributed by atoms with Crippen molar-refractivity contribution in [1.29, 1.82) is 0 Å². The summed E-state index contributed by atoms with van der Waals surface area (Å²) < 4.78 is 0. The van der Waals surface area contributed by atoms with Gasteiger partial charge in [-0.2, -0.15) is 0 Å². The van der Waals surface area contributed by atoms with Crippen LogP contribution in [0.4, 0.5) is 5.82 Å². The van der Waals surface area contributed by atoms with E-state index < -0.39 is 0 Å². The van der Waals surface area contributed by atoms with Gasteiger partial charge in [0.2, 0.25) is 5.91 Å². The van der Waals surface area contributed by atoms with Crippen LogP contribution in [0.15, 0.2) is 54.7 Å². The van der Waals surface area contributed by atoms with Crippen molar-refractivity contribution in [2.75, 3.05) is 25.9 Å². The van der Waals surface area contributed by atoms with Gasteiger partial charge in [-0.05, 0) is 53.6 Å². The van der Waals surface area contributed by atoms with Gasteiger partial charge in [-0.15, -0.1) is 0 Å². The van der Waals surface area contributed by atoms with Crippen molar-refractivity contribution < 1.29 is 9.59 Å². The average molecular weight is 388 g/mol. The largest absolute Gasteiger partial charge is 0.384 e. The Morgan fingerprint density at radius 1 is 1.10 bits per heavy atom.